The fourth-order valence-corrected chi connectivity index (χ4v) is 1.88. The molecular weight excluding hydrogens is 272 g/mol. The van der Waals surface area contributed by atoms with Gasteiger partial charge in [-0.05, 0) is 18.4 Å². The zero-order chi connectivity index (χ0) is 15.8. The lowest BCUT2D eigenvalue weighted by Gasteiger charge is -2.23. The number of rotatable bonds is 9. The Bertz CT molecular complexity index is 463. The Morgan fingerprint density at radius 2 is 2.10 bits per heavy atom. The van der Waals surface area contributed by atoms with Crippen LogP contribution in [-0.2, 0) is 4.74 Å². The molecule has 0 saturated heterocycles. The number of nitrogens with one attached hydrogen (secondary N) is 1. The fourth-order valence-electron chi connectivity index (χ4n) is 1.88. The second-order valence-electron chi connectivity index (χ2n) is 5.24. The van der Waals surface area contributed by atoms with E-state index in [-0.39, 0.29) is 11.7 Å². The van der Waals surface area contributed by atoms with Crippen molar-refractivity contribution >= 4 is 11.4 Å². The van der Waals surface area contributed by atoms with Gasteiger partial charge in [-0.25, -0.2) is 0 Å². The topological polar surface area (TPSA) is 73.6 Å². The highest BCUT2D eigenvalue weighted by Crippen LogP contribution is 2.30. The van der Waals surface area contributed by atoms with Crippen LogP contribution in [0.25, 0.3) is 0 Å². The van der Waals surface area contributed by atoms with Gasteiger partial charge in [-0.2, -0.15) is 0 Å². The number of nitrogens with zero attached hydrogens (tertiary/aromatic N) is 1. The summed E-state index contributed by atoms with van der Waals surface area (Å²) in [5, 5.41) is 14.3. The molecule has 0 heterocycles. The molecule has 0 amide bonds. The summed E-state index contributed by atoms with van der Waals surface area (Å²) >= 11 is 0. The van der Waals surface area contributed by atoms with Crippen molar-refractivity contribution < 1.29 is 14.4 Å². The van der Waals surface area contributed by atoms with Crippen LogP contribution in [0.4, 0.5) is 11.4 Å². The van der Waals surface area contributed by atoms with Gasteiger partial charge in [-0.1, -0.05) is 20.8 Å². The Hall–Kier alpha value is -1.82. The molecule has 0 radical (unpaired) electrons. The minimum Gasteiger partial charge on any atom is -0.487 e. The maximum atomic E-state index is 11.0. The molecule has 0 bridgehead atoms. The molecular formula is C15H24N2O4. The van der Waals surface area contributed by atoms with Gasteiger partial charge >= 0.3 is 5.69 Å². The molecule has 1 aromatic carbocycles. The molecule has 0 saturated carbocycles. The zero-order valence-electron chi connectivity index (χ0n) is 13.1. The van der Waals surface area contributed by atoms with E-state index in [1.165, 1.54) is 6.07 Å². The van der Waals surface area contributed by atoms with Crippen LogP contribution in [-0.4, -0.2) is 31.3 Å². The van der Waals surface area contributed by atoms with Crippen LogP contribution in [0.3, 0.4) is 0 Å². The van der Waals surface area contributed by atoms with Crippen molar-refractivity contribution in [3.63, 3.8) is 0 Å². The van der Waals surface area contributed by atoms with Gasteiger partial charge in [0.2, 0.25) is 0 Å². The quantitative estimate of drug-likeness (QED) is 0.558. The van der Waals surface area contributed by atoms with Gasteiger partial charge in [0.15, 0.2) is 5.75 Å². The molecule has 0 aromatic heterocycles. The van der Waals surface area contributed by atoms with Crippen LogP contribution in [0.15, 0.2) is 18.2 Å². The summed E-state index contributed by atoms with van der Waals surface area (Å²) in [7, 11) is 1.66. The van der Waals surface area contributed by atoms with Crippen molar-refractivity contribution in [2.45, 2.75) is 33.2 Å². The largest absolute Gasteiger partial charge is 0.487 e. The van der Waals surface area contributed by atoms with Gasteiger partial charge in [0, 0.05) is 24.9 Å². The van der Waals surface area contributed by atoms with E-state index >= 15 is 0 Å². The first-order chi connectivity index (χ1) is 9.99. The predicted octanol–water partition coefficient (Wildman–Crippen LogP) is 3.47. The highest BCUT2D eigenvalue weighted by Gasteiger charge is 2.18. The summed E-state index contributed by atoms with van der Waals surface area (Å²) < 4.78 is 10.7. The SMILES string of the molecule is CCCOc1cc(NC(COC)C(C)C)ccc1[N+](=O)[O-]. The fraction of sp³-hybridized carbons (Fsp3) is 0.600. The number of hydrogen-bond acceptors (Lipinski definition) is 5. The van der Waals surface area contributed by atoms with Gasteiger partial charge in [-0.15, -0.1) is 0 Å². The first kappa shape index (κ1) is 17.2. The smallest absolute Gasteiger partial charge is 0.311 e. The van der Waals surface area contributed by atoms with E-state index in [1.54, 1.807) is 19.2 Å². The van der Waals surface area contributed by atoms with Crippen LogP contribution >= 0.6 is 0 Å². The molecule has 21 heavy (non-hydrogen) atoms. The predicted molar refractivity (Wildman–Crippen MR) is 83.0 cm³/mol. The molecule has 6 nitrogen and oxygen atoms in total. The highest BCUT2D eigenvalue weighted by atomic mass is 16.6. The third-order valence-electron chi connectivity index (χ3n) is 3.12. The van der Waals surface area contributed by atoms with Crippen LogP contribution in [0.1, 0.15) is 27.2 Å². The molecule has 6 heteroatoms. The van der Waals surface area contributed by atoms with Crippen molar-refractivity contribution in [1.29, 1.82) is 0 Å². The van der Waals surface area contributed by atoms with Gasteiger partial charge in [-0.3, -0.25) is 10.1 Å². The molecule has 0 aliphatic heterocycles. The van der Waals surface area contributed by atoms with Gasteiger partial charge in [0.1, 0.15) is 0 Å². The lowest BCUT2D eigenvalue weighted by atomic mass is 10.0. The van der Waals surface area contributed by atoms with E-state index in [0.717, 1.165) is 12.1 Å². The highest BCUT2D eigenvalue weighted by molar-refractivity contribution is 5.58. The second-order valence-corrected chi connectivity index (χ2v) is 5.24. The maximum absolute atomic E-state index is 11.0. The van der Waals surface area contributed by atoms with Crippen LogP contribution in [0.5, 0.6) is 5.75 Å². The van der Waals surface area contributed by atoms with Crippen molar-refractivity contribution in [2.24, 2.45) is 5.92 Å². The van der Waals surface area contributed by atoms with Crippen molar-refractivity contribution in [3.05, 3.63) is 28.3 Å². The van der Waals surface area contributed by atoms with E-state index in [0.29, 0.717) is 24.9 Å². The minimum absolute atomic E-state index is 0.0122. The van der Waals surface area contributed by atoms with E-state index in [4.69, 9.17) is 9.47 Å². The third kappa shape index (κ3) is 5.23. The summed E-state index contributed by atoms with van der Waals surface area (Å²) in [6.07, 6.45) is 0.799. The third-order valence-corrected chi connectivity index (χ3v) is 3.12. The van der Waals surface area contributed by atoms with E-state index in [1.807, 2.05) is 6.92 Å². The molecule has 0 spiro atoms. The second kappa shape index (κ2) is 8.46. The Morgan fingerprint density at radius 3 is 2.62 bits per heavy atom. The maximum Gasteiger partial charge on any atom is 0.311 e. The Morgan fingerprint density at radius 1 is 1.38 bits per heavy atom. The molecule has 1 atom stereocenters. The standard InChI is InChI=1S/C15H24N2O4/c1-5-8-21-15-9-12(6-7-14(15)17(18)19)16-13(10-20-4)11(2)3/h6-7,9,11,13,16H,5,8,10H2,1-4H3. The van der Waals surface area contributed by atoms with Gasteiger partial charge in [0.25, 0.3) is 0 Å². The van der Waals surface area contributed by atoms with Crippen molar-refractivity contribution in [2.75, 3.05) is 25.6 Å². The van der Waals surface area contributed by atoms with Gasteiger partial charge in [0.05, 0.1) is 24.2 Å². The van der Waals surface area contributed by atoms with Crippen molar-refractivity contribution in [1.82, 2.24) is 0 Å². The van der Waals surface area contributed by atoms with E-state index < -0.39 is 4.92 Å². The Kier molecular flexibility index (Phi) is 6.94. The summed E-state index contributed by atoms with van der Waals surface area (Å²) in [4.78, 5) is 10.6. The minimum atomic E-state index is -0.427. The normalized spacial score (nSPS) is 12.2. The molecule has 1 N–H and O–H groups in total. The molecule has 0 fully saturated rings. The number of benzene rings is 1. The first-order valence-electron chi connectivity index (χ1n) is 7.16. The van der Waals surface area contributed by atoms with Crippen LogP contribution < -0.4 is 10.1 Å². The van der Waals surface area contributed by atoms with Crippen LogP contribution in [0, 0.1) is 16.0 Å². The number of nitro benzene ring substituents is 1. The first-order valence-corrected chi connectivity index (χ1v) is 7.16. The average molecular weight is 296 g/mol. The molecule has 1 rings (SSSR count). The lowest BCUT2D eigenvalue weighted by molar-refractivity contribution is -0.385. The lowest BCUT2D eigenvalue weighted by Crippen LogP contribution is -2.30. The number of methoxy groups -OCH3 is 1. The average Bonchev–Trinajstić information content (AvgIpc) is 2.44. The Balaban J connectivity index is 2.95. The van der Waals surface area contributed by atoms with E-state index in [2.05, 4.69) is 19.2 Å². The van der Waals surface area contributed by atoms with Crippen LogP contribution in [0.2, 0.25) is 0 Å². The summed E-state index contributed by atoms with van der Waals surface area (Å²) in [6, 6.07) is 4.98. The number of hydrogen-bond donors (Lipinski definition) is 1. The van der Waals surface area contributed by atoms with Gasteiger partial charge < -0.3 is 14.8 Å². The molecule has 118 valence electrons. The number of ether oxygens (including phenoxy) is 2. The number of nitro groups is 1. The molecule has 0 aliphatic carbocycles. The summed E-state index contributed by atoms with van der Waals surface area (Å²) in [5.41, 5.74) is 0.782. The van der Waals surface area contributed by atoms with Crippen molar-refractivity contribution in [3.8, 4) is 5.75 Å². The number of anilines is 1. The zero-order valence-corrected chi connectivity index (χ0v) is 13.1. The molecule has 0 aliphatic rings. The summed E-state index contributed by atoms with van der Waals surface area (Å²) in [5.74, 6) is 0.673. The monoisotopic (exact) mass is 296 g/mol. The molecule has 1 aromatic rings. The summed E-state index contributed by atoms with van der Waals surface area (Å²) in [6.45, 7) is 7.17. The Labute approximate surface area is 125 Å². The van der Waals surface area contributed by atoms with E-state index in [9.17, 15) is 10.1 Å². The molecule has 1 unspecified atom stereocenters.